The molecule has 0 radical (unpaired) electrons. The number of aliphatic hydroxyl groups excluding tert-OH is 1. The molecule has 3 N–H and O–H groups in total. The van der Waals surface area contributed by atoms with Gasteiger partial charge in [-0.1, -0.05) is 312 Å². The van der Waals surface area contributed by atoms with Crippen LogP contribution in [0.2, 0.25) is 0 Å². The molecule has 0 aliphatic rings. The Morgan fingerprint density at radius 3 is 0.835 bits per heavy atom. The van der Waals surface area contributed by atoms with E-state index in [1.807, 2.05) is 0 Å². The average molecular weight is 1340 g/mol. The van der Waals surface area contributed by atoms with Crippen molar-refractivity contribution in [3.63, 3.8) is 0 Å². The van der Waals surface area contributed by atoms with Crippen molar-refractivity contribution in [1.82, 2.24) is 0 Å². The molecule has 4 unspecified atom stereocenters. The van der Waals surface area contributed by atoms with Crippen LogP contribution in [-0.4, -0.2) is 96.7 Å². The lowest BCUT2D eigenvalue weighted by atomic mass is 9.99. The molecule has 0 rings (SSSR count). The summed E-state index contributed by atoms with van der Waals surface area (Å²) in [5.41, 5.74) is 0. The molecule has 17 nitrogen and oxygen atoms in total. The number of rotatable bonds is 70. The lowest BCUT2D eigenvalue weighted by Gasteiger charge is -2.21. The van der Waals surface area contributed by atoms with E-state index in [4.69, 9.17) is 37.0 Å². The Balaban J connectivity index is 5.13. The van der Waals surface area contributed by atoms with Crippen molar-refractivity contribution in [2.24, 2.45) is 17.8 Å². The molecule has 0 aliphatic carbocycles. The summed E-state index contributed by atoms with van der Waals surface area (Å²) in [6, 6.07) is 0. The van der Waals surface area contributed by atoms with Crippen LogP contribution in [0.3, 0.4) is 0 Å². The first-order valence-electron chi connectivity index (χ1n) is 37.4. The second kappa shape index (κ2) is 62.8. The van der Waals surface area contributed by atoms with Gasteiger partial charge in [-0.15, -0.1) is 0 Å². The third-order valence-corrected chi connectivity index (χ3v) is 19.3. The molecule has 0 aliphatic heterocycles. The van der Waals surface area contributed by atoms with Crippen molar-refractivity contribution >= 4 is 39.5 Å². The van der Waals surface area contributed by atoms with Gasteiger partial charge in [0, 0.05) is 25.7 Å². The summed E-state index contributed by atoms with van der Waals surface area (Å²) < 4.78 is 68.2. The van der Waals surface area contributed by atoms with E-state index in [0.717, 1.165) is 120 Å². The van der Waals surface area contributed by atoms with Crippen LogP contribution in [0.1, 0.15) is 363 Å². The molecule has 19 heteroatoms. The first kappa shape index (κ1) is 89.1. The number of carbonyl (C=O) groups excluding carboxylic acids is 4. The van der Waals surface area contributed by atoms with E-state index in [0.29, 0.717) is 25.7 Å². The molecule has 0 amide bonds. The average Bonchev–Trinajstić information content (AvgIpc) is 2.32. The second-order valence-corrected chi connectivity index (χ2v) is 29.8. The molecule has 0 aromatic rings. The van der Waals surface area contributed by atoms with E-state index in [9.17, 15) is 43.2 Å². The molecular formula is C72H140O17P2. The van der Waals surface area contributed by atoms with Gasteiger partial charge in [-0.25, -0.2) is 9.13 Å². The molecule has 0 aromatic heterocycles. The molecule has 0 spiro atoms. The van der Waals surface area contributed by atoms with Crippen LogP contribution in [0.15, 0.2) is 0 Å². The predicted molar refractivity (Wildman–Crippen MR) is 368 cm³/mol. The first-order valence-corrected chi connectivity index (χ1v) is 40.4. The number of phosphoric ester groups is 2. The minimum Gasteiger partial charge on any atom is -0.462 e. The summed E-state index contributed by atoms with van der Waals surface area (Å²) in [4.78, 5) is 72.4. The largest absolute Gasteiger partial charge is 0.472 e. The van der Waals surface area contributed by atoms with E-state index in [1.54, 1.807) is 0 Å². The minimum absolute atomic E-state index is 0.102. The quantitative estimate of drug-likeness (QED) is 0.0222. The summed E-state index contributed by atoms with van der Waals surface area (Å²) in [6.45, 7) is 11.8. The number of ether oxygens (including phenoxy) is 4. The summed E-state index contributed by atoms with van der Waals surface area (Å²) in [7, 11) is -9.90. The Labute approximate surface area is 556 Å². The summed E-state index contributed by atoms with van der Waals surface area (Å²) in [5, 5.41) is 10.6. The lowest BCUT2D eigenvalue weighted by Crippen LogP contribution is -2.30. The highest BCUT2D eigenvalue weighted by Gasteiger charge is 2.30. The normalized spacial score (nSPS) is 14.8. The van der Waals surface area contributed by atoms with Gasteiger partial charge in [0.1, 0.15) is 19.3 Å². The maximum absolute atomic E-state index is 13.0. The van der Waals surface area contributed by atoms with Crippen LogP contribution in [0, 0.1) is 17.8 Å². The van der Waals surface area contributed by atoms with E-state index >= 15 is 0 Å². The number of esters is 4. The highest BCUT2D eigenvalue weighted by atomic mass is 31.2. The summed E-state index contributed by atoms with van der Waals surface area (Å²) >= 11 is 0. The minimum atomic E-state index is -4.95. The van der Waals surface area contributed by atoms with Crippen molar-refractivity contribution in [2.45, 2.75) is 381 Å². The number of phosphoric acid groups is 2. The molecular weight excluding hydrogens is 1200 g/mol. The van der Waals surface area contributed by atoms with E-state index in [-0.39, 0.29) is 25.7 Å². The van der Waals surface area contributed by atoms with Crippen LogP contribution >= 0.6 is 15.6 Å². The van der Waals surface area contributed by atoms with E-state index in [1.165, 1.54) is 161 Å². The zero-order chi connectivity index (χ0) is 67.3. The van der Waals surface area contributed by atoms with Gasteiger partial charge in [0.05, 0.1) is 26.4 Å². The van der Waals surface area contributed by atoms with Crippen molar-refractivity contribution in [3.8, 4) is 0 Å². The predicted octanol–water partition coefficient (Wildman–Crippen LogP) is 20.6. The molecule has 7 atom stereocenters. The van der Waals surface area contributed by atoms with Crippen molar-refractivity contribution in [1.29, 1.82) is 0 Å². The Morgan fingerprint density at radius 2 is 0.560 bits per heavy atom. The molecule has 540 valence electrons. The van der Waals surface area contributed by atoms with Crippen molar-refractivity contribution < 1.29 is 80.2 Å². The van der Waals surface area contributed by atoms with E-state index < -0.39 is 97.5 Å². The highest BCUT2D eigenvalue weighted by molar-refractivity contribution is 7.47. The Hall–Kier alpha value is -1.94. The summed E-state index contributed by atoms with van der Waals surface area (Å²) in [5.74, 6) is 0.203. The maximum atomic E-state index is 13.0. The third kappa shape index (κ3) is 63.9. The van der Waals surface area contributed by atoms with Crippen molar-refractivity contribution in [3.05, 3.63) is 0 Å². The molecule has 0 saturated carbocycles. The fraction of sp³-hybridized carbons (Fsp3) is 0.944. The maximum Gasteiger partial charge on any atom is 0.472 e. The van der Waals surface area contributed by atoms with Gasteiger partial charge >= 0.3 is 39.5 Å². The standard InChI is InChI=1S/C72H140O17P2/c1-8-11-12-13-29-39-46-53-69(74)82-59-68(89-72(77)56-49-42-35-34-38-45-52-65(7)10-3)62-87-91(80,81)85-58-66(73)57-84-90(78,79)86-61-67(60-83-70(75)54-47-40-32-28-24-25-30-36-43-50-63(4)5)88-71(76)55-48-41-33-27-23-21-19-17-15-14-16-18-20-22-26-31-37-44-51-64(6)9-2/h63-68,73H,8-62H2,1-7H3,(H,78,79)(H,80,81)/t64?,65?,66-,67-,68-/m1/s1. The van der Waals surface area contributed by atoms with Gasteiger partial charge in [-0.05, 0) is 43.4 Å². The van der Waals surface area contributed by atoms with E-state index in [2.05, 4.69) is 48.5 Å². The molecule has 0 fully saturated rings. The Kier molecular flexibility index (Phi) is 61.5. The van der Waals surface area contributed by atoms with Gasteiger partial charge in [-0.2, -0.15) is 0 Å². The number of unbranched alkanes of at least 4 members (excludes halogenated alkanes) is 36. The van der Waals surface area contributed by atoms with Crippen LogP contribution in [-0.2, 0) is 65.4 Å². The number of hydrogen-bond donors (Lipinski definition) is 3. The molecule has 0 aromatic carbocycles. The Morgan fingerprint density at radius 1 is 0.319 bits per heavy atom. The Bertz CT molecular complexity index is 1790. The molecule has 0 heterocycles. The van der Waals surface area contributed by atoms with Crippen LogP contribution in [0.4, 0.5) is 0 Å². The zero-order valence-electron chi connectivity index (χ0n) is 59.3. The van der Waals surface area contributed by atoms with Gasteiger partial charge in [-0.3, -0.25) is 37.3 Å². The zero-order valence-corrected chi connectivity index (χ0v) is 61.1. The number of hydrogen-bond acceptors (Lipinski definition) is 15. The second-order valence-electron chi connectivity index (χ2n) is 26.9. The van der Waals surface area contributed by atoms with Crippen LogP contribution in [0.5, 0.6) is 0 Å². The molecule has 0 bridgehead atoms. The fourth-order valence-corrected chi connectivity index (χ4v) is 12.4. The summed E-state index contributed by atoms with van der Waals surface area (Å²) in [6.07, 6.45) is 47.5. The monoisotopic (exact) mass is 1340 g/mol. The van der Waals surface area contributed by atoms with Crippen LogP contribution in [0.25, 0.3) is 0 Å². The molecule has 0 saturated heterocycles. The van der Waals surface area contributed by atoms with Crippen LogP contribution < -0.4 is 0 Å². The van der Waals surface area contributed by atoms with Gasteiger partial charge < -0.3 is 33.8 Å². The van der Waals surface area contributed by atoms with Gasteiger partial charge in [0.15, 0.2) is 12.2 Å². The highest BCUT2D eigenvalue weighted by Crippen LogP contribution is 2.45. The van der Waals surface area contributed by atoms with Gasteiger partial charge in [0.25, 0.3) is 0 Å². The number of carbonyl (C=O) groups is 4. The van der Waals surface area contributed by atoms with Gasteiger partial charge in [0.2, 0.25) is 0 Å². The van der Waals surface area contributed by atoms with Crippen molar-refractivity contribution in [2.75, 3.05) is 39.6 Å². The third-order valence-electron chi connectivity index (χ3n) is 17.4. The first-order chi connectivity index (χ1) is 43.8. The fourth-order valence-electron chi connectivity index (χ4n) is 10.8. The lowest BCUT2D eigenvalue weighted by molar-refractivity contribution is -0.161. The SMILES string of the molecule is CCCCCCCCCC(=O)OC[C@H](COP(=O)(O)OC[C@H](O)COP(=O)(O)OC[C@@H](COC(=O)CCCCCCCCCCCC(C)C)OC(=O)CCCCCCCCCCCCCCCCCCCCC(C)CC)OC(=O)CCCCCCCCC(C)CC. The molecule has 91 heavy (non-hydrogen) atoms. The number of aliphatic hydroxyl groups is 1. The smallest absolute Gasteiger partial charge is 0.462 e. The topological polar surface area (TPSA) is 237 Å².